The van der Waals surface area contributed by atoms with Crippen molar-refractivity contribution in [3.63, 3.8) is 0 Å². The summed E-state index contributed by atoms with van der Waals surface area (Å²) in [5, 5.41) is 2.95. The number of halogens is 2. The highest BCUT2D eigenvalue weighted by atomic mass is 19.1. The molecule has 0 aliphatic carbocycles. The summed E-state index contributed by atoms with van der Waals surface area (Å²) in [6.07, 6.45) is 0. The monoisotopic (exact) mass is 215 g/mol. The minimum Gasteiger partial charge on any atom is -0.385 e. The summed E-state index contributed by atoms with van der Waals surface area (Å²) >= 11 is 0. The molecule has 0 aliphatic heterocycles. The van der Waals surface area contributed by atoms with E-state index in [1.807, 2.05) is 6.92 Å². The Balaban J connectivity index is 2.50. The summed E-state index contributed by atoms with van der Waals surface area (Å²) in [5.74, 6) is -0.852. The molecule has 0 amide bonds. The van der Waals surface area contributed by atoms with Crippen LogP contribution in [0.5, 0.6) is 0 Å². The van der Waals surface area contributed by atoms with Gasteiger partial charge in [0.05, 0.1) is 6.61 Å². The number of nitrogens with one attached hydrogen (secondary N) is 1. The number of ether oxygens (including phenoxy) is 1. The molecule has 0 aliphatic rings. The molecular weight excluding hydrogens is 200 g/mol. The van der Waals surface area contributed by atoms with Crippen molar-refractivity contribution >= 4 is 5.69 Å². The van der Waals surface area contributed by atoms with Crippen LogP contribution in [0.2, 0.25) is 0 Å². The lowest BCUT2D eigenvalue weighted by Crippen LogP contribution is -2.15. The molecule has 15 heavy (non-hydrogen) atoms. The molecule has 0 radical (unpaired) electrons. The van der Waals surface area contributed by atoms with Gasteiger partial charge in [-0.2, -0.15) is 0 Å². The van der Waals surface area contributed by atoms with E-state index in [-0.39, 0.29) is 0 Å². The molecule has 2 nitrogen and oxygen atoms in total. The molecule has 0 aromatic heterocycles. The Morgan fingerprint density at radius 2 is 1.87 bits per heavy atom. The highest BCUT2D eigenvalue weighted by molar-refractivity contribution is 5.43. The Bertz CT molecular complexity index is 297. The van der Waals surface area contributed by atoms with Crippen LogP contribution in [-0.2, 0) is 4.74 Å². The van der Waals surface area contributed by atoms with Crippen molar-refractivity contribution in [2.45, 2.75) is 6.92 Å². The van der Waals surface area contributed by atoms with Crippen molar-refractivity contribution in [2.75, 3.05) is 25.6 Å². The average molecular weight is 215 g/mol. The second-order valence-electron chi connectivity index (χ2n) is 3.60. The van der Waals surface area contributed by atoms with E-state index >= 15 is 0 Å². The molecule has 1 aromatic carbocycles. The van der Waals surface area contributed by atoms with Gasteiger partial charge in [0.25, 0.3) is 0 Å². The van der Waals surface area contributed by atoms with Crippen LogP contribution in [0, 0.1) is 17.6 Å². The van der Waals surface area contributed by atoms with Crippen molar-refractivity contribution in [2.24, 2.45) is 5.92 Å². The zero-order valence-electron chi connectivity index (χ0n) is 8.89. The fourth-order valence-electron chi connectivity index (χ4n) is 1.29. The van der Waals surface area contributed by atoms with Gasteiger partial charge in [0, 0.05) is 25.4 Å². The van der Waals surface area contributed by atoms with E-state index in [1.54, 1.807) is 7.11 Å². The maximum atomic E-state index is 12.8. The topological polar surface area (TPSA) is 21.3 Å². The SMILES string of the molecule is COCC(C)CNc1cc(F)cc(F)c1. The molecule has 1 aromatic rings. The number of benzene rings is 1. The number of methoxy groups -OCH3 is 1. The van der Waals surface area contributed by atoms with Crippen LogP contribution in [0.1, 0.15) is 6.92 Å². The Kier molecular flexibility index (Phi) is 4.49. The van der Waals surface area contributed by atoms with Gasteiger partial charge in [-0.15, -0.1) is 0 Å². The second kappa shape index (κ2) is 5.66. The van der Waals surface area contributed by atoms with Crippen LogP contribution in [0.25, 0.3) is 0 Å². The van der Waals surface area contributed by atoms with Crippen LogP contribution >= 0.6 is 0 Å². The van der Waals surface area contributed by atoms with E-state index in [4.69, 9.17) is 4.74 Å². The van der Waals surface area contributed by atoms with E-state index in [0.717, 1.165) is 6.07 Å². The van der Waals surface area contributed by atoms with Crippen molar-refractivity contribution in [1.29, 1.82) is 0 Å². The van der Waals surface area contributed by atoms with Gasteiger partial charge in [0.2, 0.25) is 0 Å². The molecule has 0 saturated carbocycles. The largest absolute Gasteiger partial charge is 0.385 e. The third-order valence-corrected chi connectivity index (χ3v) is 1.97. The predicted molar refractivity (Wildman–Crippen MR) is 55.9 cm³/mol. The Hall–Kier alpha value is -1.16. The first-order valence-corrected chi connectivity index (χ1v) is 4.80. The van der Waals surface area contributed by atoms with Crippen LogP contribution in [0.4, 0.5) is 14.5 Å². The first-order chi connectivity index (χ1) is 7.11. The van der Waals surface area contributed by atoms with Gasteiger partial charge in [-0.25, -0.2) is 8.78 Å². The third kappa shape index (κ3) is 4.25. The second-order valence-corrected chi connectivity index (χ2v) is 3.60. The van der Waals surface area contributed by atoms with E-state index in [9.17, 15) is 8.78 Å². The van der Waals surface area contributed by atoms with Gasteiger partial charge in [-0.05, 0) is 18.1 Å². The third-order valence-electron chi connectivity index (χ3n) is 1.97. The average Bonchev–Trinajstić information content (AvgIpc) is 2.14. The van der Waals surface area contributed by atoms with Crippen molar-refractivity contribution < 1.29 is 13.5 Å². The van der Waals surface area contributed by atoms with Crippen LogP contribution in [0.15, 0.2) is 18.2 Å². The molecule has 0 bridgehead atoms. The van der Waals surface area contributed by atoms with Crippen LogP contribution < -0.4 is 5.32 Å². The van der Waals surface area contributed by atoms with Crippen molar-refractivity contribution in [3.05, 3.63) is 29.8 Å². The lowest BCUT2D eigenvalue weighted by Gasteiger charge is -2.12. The standard InChI is InChI=1S/C11H15F2NO/c1-8(7-15-2)6-14-11-4-9(12)3-10(13)5-11/h3-5,8,14H,6-7H2,1-2H3. The lowest BCUT2D eigenvalue weighted by molar-refractivity contribution is 0.164. The molecule has 0 saturated heterocycles. The molecule has 1 N–H and O–H groups in total. The van der Waals surface area contributed by atoms with Gasteiger partial charge in [-0.1, -0.05) is 6.92 Å². The molecule has 0 spiro atoms. The lowest BCUT2D eigenvalue weighted by atomic mass is 10.2. The van der Waals surface area contributed by atoms with Gasteiger partial charge in [0.15, 0.2) is 0 Å². The Labute approximate surface area is 88.3 Å². The number of anilines is 1. The molecular formula is C11H15F2NO. The molecule has 1 rings (SSSR count). The summed E-state index contributed by atoms with van der Waals surface area (Å²) in [7, 11) is 1.62. The molecule has 84 valence electrons. The summed E-state index contributed by atoms with van der Waals surface area (Å²) in [5.41, 5.74) is 0.454. The van der Waals surface area contributed by atoms with E-state index in [1.165, 1.54) is 12.1 Å². The fraction of sp³-hybridized carbons (Fsp3) is 0.455. The highest BCUT2D eigenvalue weighted by Gasteiger charge is 2.03. The molecule has 4 heteroatoms. The maximum Gasteiger partial charge on any atom is 0.128 e. The van der Waals surface area contributed by atoms with Crippen molar-refractivity contribution in [1.82, 2.24) is 0 Å². The number of hydrogen-bond donors (Lipinski definition) is 1. The normalized spacial score (nSPS) is 12.5. The van der Waals surface area contributed by atoms with Gasteiger partial charge in [0.1, 0.15) is 11.6 Å². The van der Waals surface area contributed by atoms with E-state index < -0.39 is 11.6 Å². The van der Waals surface area contributed by atoms with Crippen LogP contribution in [-0.4, -0.2) is 20.3 Å². The fourth-order valence-corrected chi connectivity index (χ4v) is 1.29. The van der Waals surface area contributed by atoms with Gasteiger partial charge < -0.3 is 10.1 Å². The smallest absolute Gasteiger partial charge is 0.128 e. The highest BCUT2D eigenvalue weighted by Crippen LogP contribution is 2.13. The molecule has 0 heterocycles. The van der Waals surface area contributed by atoms with Crippen LogP contribution in [0.3, 0.4) is 0 Å². The molecule has 1 atom stereocenters. The Morgan fingerprint density at radius 1 is 1.27 bits per heavy atom. The summed E-state index contributed by atoms with van der Waals surface area (Å²) in [6.45, 7) is 3.23. The predicted octanol–water partition coefficient (Wildman–Crippen LogP) is 2.66. The summed E-state index contributed by atoms with van der Waals surface area (Å²) in [4.78, 5) is 0. The molecule has 0 fully saturated rings. The van der Waals surface area contributed by atoms with E-state index in [0.29, 0.717) is 24.8 Å². The van der Waals surface area contributed by atoms with Gasteiger partial charge in [-0.3, -0.25) is 0 Å². The minimum absolute atomic E-state index is 0.293. The minimum atomic E-state index is -0.572. The first kappa shape index (κ1) is 11.9. The quantitative estimate of drug-likeness (QED) is 0.815. The first-order valence-electron chi connectivity index (χ1n) is 4.80. The summed E-state index contributed by atoms with van der Waals surface area (Å²) < 4.78 is 30.5. The maximum absolute atomic E-state index is 12.8. The number of rotatable bonds is 5. The zero-order valence-corrected chi connectivity index (χ0v) is 8.89. The molecule has 1 unspecified atom stereocenters. The number of hydrogen-bond acceptors (Lipinski definition) is 2. The van der Waals surface area contributed by atoms with E-state index in [2.05, 4.69) is 5.32 Å². The van der Waals surface area contributed by atoms with Crippen molar-refractivity contribution in [3.8, 4) is 0 Å². The Morgan fingerprint density at radius 3 is 2.40 bits per heavy atom. The van der Waals surface area contributed by atoms with Gasteiger partial charge >= 0.3 is 0 Å². The zero-order chi connectivity index (χ0) is 11.3. The summed E-state index contributed by atoms with van der Waals surface area (Å²) in [6, 6.07) is 3.38.